The minimum Gasteiger partial charge on any atom is -0.457 e. The Labute approximate surface area is 109 Å². The highest BCUT2D eigenvalue weighted by molar-refractivity contribution is 5.89. The van der Waals surface area contributed by atoms with Crippen LogP contribution in [0.25, 0.3) is 0 Å². The summed E-state index contributed by atoms with van der Waals surface area (Å²) in [5.41, 5.74) is 0.817. The van der Waals surface area contributed by atoms with Gasteiger partial charge < -0.3 is 4.74 Å². The van der Waals surface area contributed by atoms with E-state index in [0.717, 1.165) is 11.6 Å². The van der Waals surface area contributed by atoms with E-state index >= 15 is 0 Å². The second kappa shape index (κ2) is 5.78. The van der Waals surface area contributed by atoms with Crippen molar-refractivity contribution in [1.82, 2.24) is 0 Å². The number of nitrogens with zero attached hydrogens (tertiary/aromatic N) is 1. The van der Waals surface area contributed by atoms with Crippen LogP contribution in [0.1, 0.15) is 21.5 Å². The zero-order chi connectivity index (χ0) is 13.7. The number of hydrogen-bond donors (Lipinski definition) is 0. The second-order valence-corrected chi connectivity index (χ2v) is 3.87. The van der Waals surface area contributed by atoms with Crippen LogP contribution in [-0.4, -0.2) is 5.97 Å². The second-order valence-electron chi connectivity index (χ2n) is 3.87. The van der Waals surface area contributed by atoms with E-state index in [1.807, 2.05) is 30.3 Å². The molecule has 4 heteroatoms. The molecule has 0 atom stereocenters. The molecule has 0 fully saturated rings. The molecule has 19 heavy (non-hydrogen) atoms. The summed E-state index contributed by atoms with van der Waals surface area (Å²) in [7, 11) is 0. The maximum Gasteiger partial charge on any atom is 0.341 e. The summed E-state index contributed by atoms with van der Waals surface area (Å²) in [5, 5.41) is 8.61. The number of rotatable bonds is 3. The van der Waals surface area contributed by atoms with Gasteiger partial charge in [0.25, 0.3) is 0 Å². The van der Waals surface area contributed by atoms with Gasteiger partial charge in [-0.2, -0.15) is 5.26 Å². The molecule has 0 radical (unpaired) electrons. The van der Waals surface area contributed by atoms with Crippen molar-refractivity contribution < 1.29 is 13.9 Å². The third kappa shape index (κ3) is 3.17. The number of hydrogen-bond acceptors (Lipinski definition) is 3. The van der Waals surface area contributed by atoms with Crippen LogP contribution < -0.4 is 0 Å². The van der Waals surface area contributed by atoms with Crippen LogP contribution in [0, 0.1) is 17.1 Å². The van der Waals surface area contributed by atoms with E-state index < -0.39 is 11.8 Å². The number of esters is 1. The number of ether oxygens (including phenoxy) is 1. The Kier molecular flexibility index (Phi) is 3.89. The van der Waals surface area contributed by atoms with Crippen molar-refractivity contribution in [1.29, 1.82) is 5.26 Å². The van der Waals surface area contributed by atoms with Gasteiger partial charge in [-0.15, -0.1) is 0 Å². The van der Waals surface area contributed by atoms with Gasteiger partial charge in [0.15, 0.2) is 0 Å². The van der Waals surface area contributed by atoms with Gasteiger partial charge in [-0.3, -0.25) is 0 Å². The first-order valence-electron chi connectivity index (χ1n) is 5.61. The molecule has 0 N–H and O–H groups in total. The average Bonchev–Trinajstić information content (AvgIpc) is 2.45. The fraction of sp³-hybridized carbons (Fsp3) is 0.0667. The van der Waals surface area contributed by atoms with Gasteiger partial charge in [0, 0.05) is 0 Å². The lowest BCUT2D eigenvalue weighted by atomic mass is 10.1. The van der Waals surface area contributed by atoms with Crippen LogP contribution >= 0.6 is 0 Å². The molecule has 3 nitrogen and oxygen atoms in total. The third-order valence-electron chi connectivity index (χ3n) is 2.53. The smallest absolute Gasteiger partial charge is 0.341 e. The van der Waals surface area contributed by atoms with E-state index in [1.54, 1.807) is 6.07 Å². The molecule has 0 heterocycles. The summed E-state index contributed by atoms with van der Waals surface area (Å²) in [6, 6.07) is 14.6. The zero-order valence-corrected chi connectivity index (χ0v) is 9.97. The molecular weight excluding hydrogens is 245 g/mol. The van der Waals surface area contributed by atoms with Gasteiger partial charge in [-0.1, -0.05) is 30.3 Å². The average molecular weight is 255 g/mol. The largest absolute Gasteiger partial charge is 0.457 e. The van der Waals surface area contributed by atoms with E-state index in [-0.39, 0.29) is 17.7 Å². The van der Waals surface area contributed by atoms with Gasteiger partial charge in [0.05, 0.1) is 17.2 Å². The van der Waals surface area contributed by atoms with Gasteiger partial charge >= 0.3 is 5.97 Å². The maximum atomic E-state index is 13.6. The minimum atomic E-state index is -0.753. The summed E-state index contributed by atoms with van der Waals surface area (Å²) < 4.78 is 18.6. The highest BCUT2D eigenvalue weighted by atomic mass is 19.1. The highest BCUT2D eigenvalue weighted by Crippen LogP contribution is 2.12. The lowest BCUT2D eigenvalue weighted by Gasteiger charge is -2.05. The monoisotopic (exact) mass is 255 g/mol. The molecule has 0 aliphatic heterocycles. The number of halogens is 1. The zero-order valence-electron chi connectivity index (χ0n) is 9.97. The first kappa shape index (κ1) is 12.8. The number of benzene rings is 2. The van der Waals surface area contributed by atoms with E-state index in [0.29, 0.717) is 0 Å². The highest BCUT2D eigenvalue weighted by Gasteiger charge is 2.13. The van der Waals surface area contributed by atoms with Gasteiger partial charge in [-0.05, 0) is 23.8 Å². The molecular formula is C15H10FNO2. The Balaban J connectivity index is 2.07. The van der Waals surface area contributed by atoms with Crippen molar-refractivity contribution in [2.45, 2.75) is 6.61 Å². The van der Waals surface area contributed by atoms with Crippen molar-refractivity contribution in [2.24, 2.45) is 0 Å². The third-order valence-corrected chi connectivity index (χ3v) is 2.53. The molecule has 94 valence electrons. The molecule has 2 aromatic rings. The molecule has 0 saturated carbocycles. The molecule has 0 aliphatic rings. The van der Waals surface area contributed by atoms with E-state index in [9.17, 15) is 9.18 Å². The standard InChI is InChI=1S/C15H10FNO2/c16-14-8-12(9-17)6-7-13(14)15(18)19-10-11-4-2-1-3-5-11/h1-8H,10H2. The minimum absolute atomic E-state index is 0.0825. The van der Waals surface area contributed by atoms with Crippen LogP contribution in [0.4, 0.5) is 4.39 Å². The number of carbonyl (C=O) groups excluding carboxylic acids is 1. The van der Waals surface area contributed by atoms with Crippen LogP contribution in [-0.2, 0) is 11.3 Å². The summed E-state index contributed by atoms with van der Waals surface area (Å²) in [6.07, 6.45) is 0. The summed E-state index contributed by atoms with van der Waals surface area (Å²) in [6.45, 7) is 0.0825. The first-order chi connectivity index (χ1) is 9.20. The van der Waals surface area contributed by atoms with Crippen LogP contribution in [0.15, 0.2) is 48.5 Å². The number of carbonyl (C=O) groups is 1. The van der Waals surface area contributed by atoms with Crippen molar-refractivity contribution in [3.05, 3.63) is 71.0 Å². The molecule has 0 spiro atoms. The molecule has 0 bridgehead atoms. The normalized spacial score (nSPS) is 9.68. The fourth-order valence-electron chi connectivity index (χ4n) is 1.55. The fourth-order valence-corrected chi connectivity index (χ4v) is 1.55. The van der Waals surface area contributed by atoms with Crippen molar-refractivity contribution in [3.63, 3.8) is 0 Å². The van der Waals surface area contributed by atoms with Crippen LogP contribution in [0.3, 0.4) is 0 Å². The summed E-state index contributed by atoms with van der Waals surface area (Å²) in [4.78, 5) is 11.7. The van der Waals surface area contributed by atoms with Gasteiger partial charge in [-0.25, -0.2) is 9.18 Å². The SMILES string of the molecule is N#Cc1ccc(C(=O)OCc2ccccc2)c(F)c1. The molecule has 0 aliphatic carbocycles. The van der Waals surface area contributed by atoms with Crippen molar-refractivity contribution in [2.75, 3.05) is 0 Å². The van der Waals surface area contributed by atoms with Gasteiger partial charge in [0.1, 0.15) is 12.4 Å². The predicted molar refractivity (Wildman–Crippen MR) is 66.7 cm³/mol. The first-order valence-corrected chi connectivity index (χ1v) is 5.61. The van der Waals surface area contributed by atoms with E-state index in [2.05, 4.69) is 0 Å². The van der Waals surface area contributed by atoms with E-state index in [4.69, 9.17) is 10.00 Å². The lowest BCUT2D eigenvalue weighted by molar-refractivity contribution is 0.0467. The van der Waals surface area contributed by atoms with Crippen LogP contribution in [0.2, 0.25) is 0 Å². The molecule has 0 saturated heterocycles. The molecule has 0 amide bonds. The molecule has 2 aromatic carbocycles. The Morgan fingerprint density at radius 3 is 2.58 bits per heavy atom. The summed E-state index contributed by atoms with van der Waals surface area (Å²) in [5.74, 6) is -1.50. The Morgan fingerprint density at radius 2 is 1.95 bits per heavy atom. The lowest BCUT2D eigenvalue weighted by Crippen LogP contribution is -2.07. The van der Waals surface area contributed by atoms with Crippen molar-refractivity contribution in [3.8, 4) is 6.07 Å². The Morgan fingerprint density at radius 1 is 1.21 bits per heavy atom. The molecule has 2 rings (SSSR count). The van der Waals surface area contributed by atoms with Crippen molar-refractivity contribution >= 4 is 5.97 Å². The topological polar surface area (TPSA) is 50.1 Å². The van der Waals surface area contributed by atoms with E-state index in [1.165, 1.54) is 12.1 Å². The predicted octanol–water partition coefficient (Wildman–Crippen LogP) is 3.05. The maximum absolute atomic E-state index is 13.6. The molecule has 0 aromatic heterocycles. The Bertz CT molecular complexity index is 632. The molecule has 0 unspecified atom stereocenters. The number of nitriles is 1. The quantitative estimate of drug-likeness (QED) is 0.792. The Hall–Kier alpha value is -2.67. The van der Waals surface area contributed by atoms with Crippen LogP contribution in [0.5, 0.6) is 0 Å². The van der Waals surface area contributed by atoms with Gasteiger partial charge in [0.2, 0.25) is 0 Å². The summed E-state index contributed by atoms with van der Waals surface area (Å²) >= 11 is 0.